The number of sulfonamides is 1. The topological polar surface area (TPSA) is 46.6 Å². The maximum absolute atomic E-state index is 13.0. The summed E-state index contributed by atoms with van der Waals surface area (Å²) in [6.07, 6.45) is -12.5. The molecule has 0 rings (SSSR count). The van der Waals surface area contributed by atoms with Crippen LogP contribution in [0.5, 0.6) is 0 Å². The van der Waals surface area contributed by atoms with Gasteiger partial charge in [0, 0.05) is 45.8 Å². The van der Waals surface area contributed by atoms with E-state index in [0.717, 1.165) is 0 Å². The Morgan fingerprint density at radius 3 is 1.60 bits per heavy atom. The molecule has 0 radical (unpaired) electrons. The molecule has 0 spiro atoms. The monoisotopic (exact) mass is 515 g/mol. The summed E-state index contributed by atoms with van der Waals surface area (Å²) in [5, 5.41) is -6.23. The Labute approximate surface area is 128 Å². The van der Waals surface area contributed by atoms with Gasteiger partial charge in [0.1, 0.15) is 0 Å². The van der Waals surface area contributed by atoms with E-state index in [1.165, 1.54) is 0 Å². The first kappa shape index (κ1) is 20.5. The van der Waals surface area contributed by atoms with Crippen LogP contribution in [0.4, 0.5) is 35.1 Å². The van der Waals surface area contributed by atoms with Crippen molar-refractivity contribution in [2.75, 3.05) is 7.05 Å². The fourth-order valence-electron chi connectivity index (χ4n) is 0.586. The van der Waals surface area contributed by atoms with Crippen molar-refractivity contribution in [2.45, 2.75) is 21.4 Å². The molecule has 0 bridgehead atoms. The fraction of sp³-hybridized carbons (Fsp3) is 1.00. The highest BCUT2D eigenvalue weighted by atomic mass is 127. The molecule has 0 aromatic heterocycles. The molecule has 4 nitrogen and oxygen atoms in total. The lowest BCUT2D eigenvalue weighted by Crippen LogP contribution is -2.56. The SMILES string of the molecule is CN(Br)S(=O)(=O)C(F)(F)C(F)(F)OC(F)(F)C(F)(F)I. The molecule has 0 saturated carbocycles. The van der Waals surface area contributed by atoms with Gasteiger partial charge < -0.3 is 0 Å². The van der Waals surface area contributed by atoms with Gasteiger partial charge in [0.2, 0.25) is 0 Å². The molecular weight excluding hydrogens is 513 g/mol. The van der Waals surface area contributed by atoms with Gasteiger partial charge in [0.15, 0.2) is 0 Å². The van der Waals surface area contributed by atoms with Crippen LogP contribution in [-0.4, -0.2) is 40.2 Å². The van der Waals surface area contributed by atoms with Gasteiger partial charge >= 0.3 is 21.4 Å². The lowest BCUT2D eigenvalue weighted by molar-refractivity contribution is -0.438. The van der Waals surface area contributed by atoms with E-state index in [1.807, 2.05) is 16.1 Å². The van der Waals surface area contributed by atoms with Crippen LogP contribution in [0.25, 0.3) is 0 Å². The molecule has 0 fully saturated rings. The van der Waals surface area contributed by atoms with Crippen molar-refractivity contribution >= 4 is 48.8 Å². The number of hydrogen-bond donors (Lipinski definition) is 0. The molecule has 0 atom stereocenters. The van der Waals surface area contributed by atoms with Gasteiger partial charge in [-0.05, 0) is 0 Å². The lowest BCUT2D eigenvalue weighted by Gasteiger charge is -2.31. The molecule has 0 aromatic rings. The molecule has 0 unspecified atom stereocenters. The first-order valence-corrected chi connectivity index (χ1v) is 7.17. The molecule has 0 aliphatic carbocycles. The van der Waals surface area contributed by atoms with Crippen LogP contribution in [0.1, 0.15) is 0 Å². The van der Waals surface area contributed by atoms with E-state index < -0.39 is 34.8 Å². The molecule has 0 aliphatic rings. The van der Waals surface area contributed by atoms with E-state index >= 15 is 0 Å². The van der Waals surface area contributed by atoms with Crippen molar-refractivity contribution in [1.82, 2.24) is 3.33 Å². The maximum atomic E-state index is 13.0. The minimum atomic E-state index is -6.42. The van der Waals surface area contributed by atoms with Gasteiger partial charge in [-0.2, -0.15) is 35.1 Å². The summed E-state index contributed by atoms with van der Waals surface area (Å²) in [4.78, 5) is 0. The number of halogens is 10. The normalized spacial score (nSPS) is 15.8. The Morgan fingerprint density at radius 2 is 1.35 bits per heavy atom. The molecule has 0 saturated heterocycles. The maximum Gasteiger partial charge on any atom is 0.449 e. The Hall–Kier alpha value is 0.520. The highest BCUT2D eigenvalue weighted by Gasteiger charge is 2.74. The van der Waals surface area contributed by atoms with E-state index in [9.17, 15) is 43.5 Å². The zero-order valence-corrected chi connectivity index (χ0v) is 13.4. The quantitative estimate of drug-likeness (QED) is 0.236. The van der Waals surface area contributed by atoms with Crippen LogP contribution in [0.15, 0.2) is 0 Å². The van der Waals surface area contributed by atoms with Crippen molar-refractivity contribution in [1.29, 1.82) is 0 Å². The molecular formula is C5H3BrF8INO3S. The van der Waals surface area contributed by atoms with Crippen molar-refractivity contribution in [3.63, 3.8) is 0 Å². The van der Waals surface area contributed by atoms with Crippen LogP contribution < -0.4 is 0 Å². The second kappa shape index (κ2) is 5.62. The van der Waals surface area contributed by atoms with Gasteiger partial charge in [0.25, 0.3) is 10.0 Å². The van der Waals surface area contributed by atoms with Crippen molar-refractivity contribution in [2.24, 2.45) is 0 Å². The van der Waals surface area contributed by atoms with Crippen molar-refractivity contribution in [3.05, 3.63) is 0 Å². The van der Waals surface area contributed by atoms with Crippen LogP contribution in [-0.2, 0) is 14.8 Å². The minimum absolute atomic E-state index is 0.324. The predicted molar refractivity (Wildman–Crippen MR) is 60.5 cm³/mol. The third kappa shape index (κ3) is 3.64. The van der Waals surface area contributed by atoms with E-state index in [4.69, 9.17) is 0 Å². The summed E-state index contributed by atoms with van der Waals surface area (Å²) in [6, 6.07) is 0. The Morgan fingerprint density at radius 1 is 1.00 bits per heavy atom. The van der Waals surface area contributed by atoms with E-state index in [-0.39, 0.29) is 22.6 Å². The predicted octanol–water partition coefficient (Wildman–Crippen LogP) is 3.38. The van der Waals surface area contributed by atoms with Crippen LogP contribution in [0.3, 0.4) is 0 Å². The summed E-state index contributed by atoms with van der Waals surface area (Å²) in [5.74, 6) is 0. The summed E-state index contributed by atoms with van der Waals surface area (Å²) in [7, 11) is -5.87. The molecule has 15 heteroatoms. The fourth-order valence-corrected chi connectivity index (χ4v) is 1.90. The van der Waals surface area contributed by atoms with Crippen molar-refractivity contribution in [3.8, 4) is 0 Å². The Bertz CT molecular complexity index is 463. The number of alkyl halides is 9. The van der Waals surface area contributed by atoms with Gasteiger partial charge in [-0.15, -0.1) is 3.33 Å². The third-order valence-electron chi connectivity index (χ3n) is 1.58. The Kier molecular flexibility index (Phi) is 5.76. The molecule has 0 N–H and O–H groups in total. The van der Waals surface area contributed by atoms with Crippen LogP contribution in [0.2, 0.25) is 0 Å². The number of rotatable bonds is 6. The second-order valence-corrected chi connectivity index (χ2v) is 7.94. The standard InChI is InChI=1S/C5H3BrF8INO3S/c1-16(6)20(17,18)5(13,14)4(11,12)19-3(9,10)2(7,8)15/h1H3. The minimum Gasteiger partial charge on any atom is -0.244 e. The van der Waals surface area contributed by atoms with Gasteiger partial charge in [0.05, 0.1) is 0 Å². The number of ether oxygens (including phenoxy) is 1. The largest absolute Gasteiger partial charge is 0.449 e. The average Bonchev–Trinajstić information content (AvgIpc) is 2.12. The highest BCUT2D eigenvalue weighted by molar-refractivity contribution is 14.1. The summed E-state index contributed by atoms with van der Waals surface area (Å²) >= 11 is 1.55. The Balaban J connectivity index is 5.67. The van der Waals surface area contributed by atoms with Gasteiger partial charge in [-0.3, -0.25) is 0 Å². The zero-order chi connectivity index (χ0) is 16.8. The number of nitrogens with zero attached hydrogens (tertiary/aromatic N) is 1. The summed E-state index contributed by atoms with van der Waals surface area (Å²) in [5.41, 5.74) is 0. The number of hydrogen-bond acceptors (Lipinski definition) is 3. The molecule has 122 valence electrons. The van der Waals surface area contributed by atoms with Crippen LogP contribution >= 0.6 is 38.7 Å². The second-order valence-electron chi connectivity index (χ2n) is 3.05. The highest BCUT2D eigenvalue weighted by Crippen LogP contribution is 2.49. The first-order valence-electron chi connectivity index (χ1n) is 3.95. The summed E-state index contributed by atoms with van der Waals surface area (Å²) < 4.78 is 119. The molecule has 0 amide bonds. The first-order chi connectivity index (χ1) is 8.40. The van der Waals surface area contributed by atoms with Crippen molar-refractivity contribution < 1.29 is 48.3 Å². The lowest BCUT2D eigenvalue weighted by atomic mass is 10.6. The van der Waals surface area contributed by atoms with E-state index in [1.54, 1.807) is 0 Å². The van der Waals surface area contributed by atoms with E-state index in [2.05, 4.69) is 4.74 Å². The summed E-state index contributed by atoms with van der Waals surface area (Å²) in [6.45, 7) is 0. The average molecular weight is 516 g/mol. The van der Waals surface area contributed by atoms with Crippen LogP contribution in [0, 0.1) is 0 Å². The van der Waals surface area contributed by atoms with E-state index in [0.29, 0.717) is 7.05 Å². The van der Waals surface area contributed by atoms with Gasteiger partial charge in [-0.1, -0.05) is 0 Å². The molecule has 0 aliphatic heterocycles. The third-order valence-corrected chi connectivity index (χ3v) is 4.90. The van der Waals surface area contributed by atoms with Gasteiger partial charge in [-0.25, -0.2) is 13.2 Å². The molecule has 20 heavy (non-hydrogen) atoms. The molecule has 0 aromatic carbocycles. The smallest absolute Gasteiger partial charge is 0.244 e. The molecule has 0 heterocycles. The zero-order valence-electron chi connectivity index (χ0n) is 8.86.